The average molecular weight is 514 g/mol. The Balaban J connectivity index is 1.18. The number of ether oxygens (including phenoxy) is 3. The fourth-order valence-electron chi connectivity index (χ4n) is 4.62. The third-order valence-electron chi connectivity index (χ3n) is 6.44. The van der Waals surface area contributed by atoms with Gasteiger partial charge in [0, 0.05) is 25.0 Å². The summed E-state index contributed by atoms with van der Waals surface area (Å²) in [6.07, 6.45) is 2.25. The van der Waals surface area contributed by atoms with Crippen LogP contribution in [0.15, 0.2) is 53.4 Å². The van der Waals surface area contributed by atoms with Crippen LogP contribution in [0.3, 0.4) is 0 Å². The second-order valence-electron chi connectivity index (χ2n) is 9.12. The Morgan fingerprint density at radius 1 is 0.771 bits per heavy atom. The van der Waals surface area contributed by atoms with Crippen molar-refractivity contribution >= 4 is 15.5 Å². The molecule has 2 fully saturated rings. The van der Waals surface area contributed by atoms with Crippen LogP contribution in [-0.4, -0.2) is 52.4 Å². The van der Waals surface area contributed by atoms with Crippen molar-refractivity contribution in [3.8, 4) is 11.5 Å². The summed E-state index contributed by atoms with van der Waals surface area (Å²) in [5.74, 6) is 0.456. The lowest BCUT2D eigenvalue weighted by Gasteiger charge is -2.37. The van der Waals surface area contributed by atoms with E-state index >= 15 is 0 Å². The second kappa shape index (κ2) is 10.7. The molecule has 0 spiro atoms. The van der Waals surface area contributed by atoms with Gasteiger partial charge < -0.3 is 19.1 Å². The summed E-state index contributed by atoms with van der Waals surface area (Å²) in [4.78, 5) is 2.43. The summed E-state index contributed by atoms with van der Waals surface area (Å²) >= 11 is 0. The SMILES string of the molecule is CS(=O)(=O)c1ccc(O[C@H]2CC[C@H](OC3CCN(c4ccc(OC(F)(F)F)cc4)CC3)CC2)cc1. The average Bonchev–Trinajstić information content (AvgIpc) is 2.80. The molecule has 0 unspecified atom stereocenters. The number of sulfone groups is 1. The number of benzene rings is 2. The third kappa shape index (κ3) is 7.51. The zero-order chi connectivity index (χ0) is 25.1. The number of alkyl halides is 3. The Morgan fingerprint density at radius 3 is 1.83 bits per heavy atom. The number of anilines is 1. The van der Waals surface area contributed by atoms with E-state index in [2.05, 4.69) is 9.64 Å². The van der Waals surface area contributed by atoms with Crippen molar-refractivity contribution in [2.45, 2.75) is 68.1 Å². The first-order chi connectivity index (χ1) is 16.5. The van der Waals surface area contributed by atoms with Gasteiger partial charge in [-0.2, -0.15) is 0 Å². The molecule has 0 atom stereocenters. The van der Waals surface area contributed by atoms with Crippen LogP contribution in [0.4, 0.5) is 18.9 Å². The molecule has 2 aliphatic rings. The summed E-state index contributed by atoms with van der Waals surface area (Å²) in [5.41, 5.74) is 0.875. The molecular formula is C25H30F3NO5S. The van der Waals surface area contributed by atoms with Gasteiger partial charge in [0.1, 0.15) is 11.5 Å². The highest BCUT2D eigenvalue weighted by atomic mass is 32.2. The highest BCUT2D eigenvalue weighted by Gasteiger charge is 2.31. The Kier molecular flexibility index (Phi) is 7.80. The quantitative estimate of drug-likeness (QED) is 0.497. The molecule has 0 bridgehead atoms. The Morgan fingerprint density at radius 2 is 1.29 bits per heavy atom. The maximum atomic E-state index is 12.3. The molecular weight excluding hydrogens is 483 g/mol. The maximum Gasteiger partial charge on any atom is 0.573 e. The van der Waals surface area contributed by atoms with Crippen molar-refractivity contribution in [2.75, 3.05) is 24.2 Å². The molecule has 10 heteroatoms. The van der Waals surface area contributed by atoms with Gasteiger partial charge in [0.2, 0.25) is 0 Å². The number of hydrogen-bond donors (Lipinski definition) is 0. The highest BCUT2D eigenvalue weighted by Crippen LogP contribution is 2.30. The first kappa shape index (κ1) is 25.6. The largest absolute Gasteiger partial charge is 0.573 e. The molecule has 1 saturated carbocycles. The van der Waals surface area contributed by atoms with E-state index in [0.29, 0.717) is 5.75 Å². The zero-order valence-electron chi connectivity index (χ0n) is 19.5. The van der Waals surface area contributed by atoms with E-state index in [9.17, 15) is 21.6 Å². The van der Waals surface area contributed by atoms with Crippen molar-refractivity contribution in [1.82, 2.24) is 0 Å². The lowest BCUT2D eigenvalue weighted by Crippen LogP contribution is -2.39. The number of halogens is 3. The van der Waals surface area contributed by atoms with E-state index in [0.717, 1.165) is 57.3 Å². The van der Waals surface area contributed by atoms with Gasteiger partial charge in [0.15, 0.2) is 9.84 Å². The van der Waals surface area contributed by atoms with Gasteiger partial charge in [-0.25, -0.2) is 8.42 Å². The molecule has 1 heterocycles. The van der Waals surface area contributed by atoms with E-state index in [-0.39, 0.29) is 29.0 Å². The van der Waals surface area contributed by atoms with E-state index in [1.165, 1.54) is 18.4 Å². The summed E-state index contributed by atoms with van der Waals surface area (Å²) in [6, 6.07) is 12.5. The van der Waals surface area contributed by atoms with Crippen LogP contribution in [-0.2, 0) is 14.6 Å². The monoisotopic (exact) mass is 513 g/mol. The highest BCUT2D eigenvalue weighted by molar-refractivity contribution is 7.90. The van der Waals surface area contributed by atoms with Crippen LogP contribution >= 0.6 is 0 Å². The van der Waals surface area contributed by atoms with Gasteiger partial charge in [0.25, 0.3) is 0 Å². The molecule has 0 radical (unpaired) electrons. The predicted molar refractivity (Wildman–Crippen MR) is 126 cm³/mol. The predicted octanol–water partition coefficient (Wildman–Crippen LogP) is 5.36. The van der Waals surface area contributed by atoms with Crippen molar-refractivity contribution in [3.63, 3.8) is 0 Å². The molecule has 35 heavy (non-hydrogen) atoms. The summed E-state index contributed by atoms with van der Waals surface area (Å²) in [6.45, 7) is 1.57. The molecule has 2 aromatic rings. The van der Waals surface area contributed by atoms with Crippen LogP contribution in [0.2, 0.25) is 0 Å². The topological polar surface area (TPSA) is 65.1 Å². The minimum Gasteiger partial charge on any atom is -0.490 e. The Labute approximate surface area is 203 Å². The molecule has 4 rings (SSSR count). The fourth-order valence-corrected chi connectivity index (χ4v) is 5.26. The van der Waals surface area contributed by atoms with Crippen molar-refractivity contribution in [2.24, 2.45) is 0 Å². The number of rotatable bonds is 7. The molecule has 0 aromatic heterocycles. The van der Waals surface area contributed by atoms with Gasteiger partial charge >= 0.3 is 6.36 Å². The molecule has 0 amide bonds. The smallest absolute Gasteiger partial charge is 0.490 e. The number of piperidine rings is 1. The molecule has 1 aliphatic heterocycles. The maximum absolute atomic E-state index is 12.3. The molecule has 0 N–H and O–H groups in total. The van der Waals surface area contributed by atoms with Crippen LogP contribution in [0, 0.1) is 0 Å². The lowest BCUT2D eigenvalue weighted by atomic mass is 9.94. The molecule has 2 aromatic carbocycles. The Hall–Kier alpha value is -2.46. The molecule has 192 valence electrons. The van der Waals surface area contributed by atoms with Crippen molar-refractivity contribution < 1.29 is 35.8 Å². The summed E-state index contributed by atoms with van der Waals surface area (Å²) in [7, 11) is -3.22. The van der Waals surface area contributed by atoms with Crippen LogP contribution in [0.1, 0.15) is 38.5 Å². The fraction of sp³-hybridized carbons (Fsp3) is 0.520. The summed E-state index contributed by atoms with van der Waals surface area (Å²) in [5, 5.41) is 0. The lowest BCUT2D eigenvalue weighted by molar-refractivity contribution is -0.274. The van der Waals surface area contributed by atoms with Gasteiger partial charge in [-0.15, -0.1) is 13.2 Å². The number of nitrogens with zero attached hydrogens (tertiary/aromatic N) is 1. The molecule has 6 nitrogen and oxygen atoms in total. The molecule has 1 saturated heterocycles. The van der Waals surface area contributed by atoms with Gasteiger partial charge in [0.05, 0.1) is 23.2 Å². The van der Waals surface area contributed by atoms with Crippen molar-refractivity contribution in [3.05, 3.63) is 48.5 Å². The second-order valence-corrected chi connectivity index (χ2v) is 11.1. The molecule has 1 aliphatic carbocycles. The van der Waals surface area contributed by atoms with Crippen LogP contribution < -0.4 is 14.4 Å². The van der Waals surface area contributed by atoms with E-state index in [1.807, 2.05) is 0 Å². The first-order valence-electron chi connectivity index (χ1n) is 11.8. The van der Waals surface area contributed by atoms with E-state index in [1.54, 1.807) is 36.4 Å². The Bertz CT molecular complexity index is 1060. The zero-order valence-corrected chi connectivity index (χ0v) is 20.4. The van der Waals surface area contributed by atoms with Crippen molar-refractivity contribution in [1.29, 1.82) is 0 Å². The van der Waals surface area contributed by atoms with Gasteiger partial charge in [-0.3, -0.25) is 0 Å². The van der Waals surface area contributed by atoms with Gasteiger partial charge in [-0.1, -0.05) is 0 Å². The minimum atomic E-state index is -4.69. The normalized spacial score (nSPS) is 22.1. The minimum absolute atomic E-state index is 0.0880. The number of hydrogen-bond acceptors (Lipinski definition) is 6. The summed E-state index contributed by atoms with van der Waals surface area (Å²) < 4.78 is 76.5. The van der Waals surface area contributed by atoms with Crippen LogP contribution in [0.5, 0.6) is 11.5 Å². The standard InChI is InChI=1S/C25H30F3NO5S/c1-35(30,31)24-12-10-21(11-13-24)32-19-6-8-20(9-7-19)33-22-14-16-29(17-15-22)18-2-4-23(5-3-18)34-25(26,27)28/h2-5,10-13,19-20,22H,6-9,14-17H2,1H3/t19-,20-. The van der Waals surface area contributed by atoms with E-state index < -0.39 is 16.2 Å². The first-order valence-corrected chi connectivity index (χ1v) is 13.7. The van der Waals surface area contributed by atoms with Gasteiger partial charge in [-0.05, 0) is 87.1 Å². The van der Waals surface area contributed by atoms with E-state index in [4.69, 9.17) is 9.47 Å². The van der Waals surface area contributed by atoms with Crippen LogP contribution in [0.25, 0.3) is 0 Å². The third-order valence-corrected chi connectivity index (χ3v) is 7.57.